The fraction of sp³-hybridized carbons (Fsp3) is 0.545. The van der Waals surface area contributed by atoms with Gasteiger partial charge in [-0.25, -0.2) is 0 Å². The lowest BCUT2D eigenvalue weighted by Gasteiger charge is -2.20. The van der Waals surface area contributed by atoms with Gasteiger partial charge in [0.2, 0.25) is 0 Å². The third-order valence-corrected chi connectivity index (χ3v) is 2.75. The predicted octanol–water partition coefficient (Wildman–Crippen LogP) is 1.70. The maximum Gasteiger partial charge on any atom is 0.0696 e. The normalized spacial score (nSPS) is 21.2. The molecule has 13 heavy (non-hydrogen) atoms. The Labute approximate surface area is 78.6 Å². The lowest BCUT2D eigenvalue weighted by molar-refractivity contribution is 0.281. The molecule has 0 fully saturated rings. The summed E-state index contributed by atoms with van der Waals surface area (Å²) >= 11 is 0. The minimum Gasteiger partial charge on any atom is -0.392 e. The largest absolute Gasteiger partial charge is 0.392 e. The van der Waals surface area contributed by atoms with E-state index in [1.54, 1.807) is 6.20 Å². The highest BCUT2D eigenvalue weighted by atomic mass is 16.3. The Hall–Kier alpha value is -0.890. The third-order valence-electron chi connectivity index (χ3n) is 2.75. The number of aromatic nitrogens is 1. The number of aryl methyl sites for hydroxylation is 1. The molecule has 1 aliphatic carbocycles. The zero-order valence-electron chi connectivity index (χ0n) is 7.95. The molecule has 1 aliphatic rings. The van der Waals surface area contributed by atoms with Gasteiger partial charge in [0.15, 0.2) is 0 Å². The van der Waals surface area contributed by atoms with E-state index in [0.717, 1.165) is 24.3 Å². The Morgan fingerprint density at radius 2 is 2.46 bits per heavy atom. The van der Waals surface area contributed by atoms with Crippen molar-refractivity contribution in [3.63, 3.8) is 0 Å². The van der Waals surface area contributed by atoms with Crippen molar-refractivity contribution in [1.29, 1.82) is 0 Å². The van der Waals surface area contributed by atoms with E-state index < -0.39 is 0 Å². The third kappa shape index (κ3) is 1.73. The minimum atomic E-state index is 0.107. The molecule has 0 radical (unpaired) electrons. The molecule has 1 aromatic heterocycles. The van der Waals surface area contributed by atoms with Gasteiger partial charge >= 0.3 is 0 Å². The first-order chi connectivity index (χ1) is 6.29. The predicted molar refractivity (Wildman–Crippen MR) is 51.3 cm³/mol. The molecule has 1 atom stereocenters. The van der Waals surface area contributed by atoms with Gasteiger partial charge in [-0.15, -0.1) is 0 Å². The van der Waals surface area contributed by atoms with Crippen molar-refractivity contribution in [1.82, 2.24) is 4.98 Å². The van der Waals surface area contributed by atoms with E-state index in [0.29, 0.717) is 0 Å². The lowest BCUT2D eigenvalue weighted by atomic mass is 9.88. The van der Waals surface area contributed by atoms with Crippen molar-refractivity contribution in [3.05, 3.63) is 29.1 Å². The molecular formula is C11H15NO. The SMILES string of the molecule is CC1CCc2cc(CO)cnc2C1. The summed E-state index contributed by atoms with van der Waals surface area (Å²) in [5, 5.41) is 8.95. The highest BCUT2D eigenvalue weighted by molar-refractivity contribution is 5.27. The number of nitrogens with zero attached hydrogens (tertiary/aromatic N) is 1. The van der Waals surface area contributed by atoms with Crippen LogP contribution in [0.3, 0.4) is 0 Å². The average molecular weight is 177 g/mol. The maximum absolute atomic E-state index is 8.95. The van der Waals surface area contributed by atoms with E-state index >= 15 is 0 Å². The van der Waals surface area contributed by atoms with Crippen molar-refractivity contribution in [3.8, 4) is 0 Å². The molecule has 2 nitrogen and oxygen atoms in total. The Morgan fingerprint density at radius 1 is 1.62 bits per heavy atom. The Morgan fingerprint density at radius 3 is 3.23 bits per heavy atom. The van der Waals surface area contributed by atoms with Gasteiger partial charge in [-0.3, -0.25) is 4.98 Å². The van der Waals surface area contributed by atoms with Gasteiger partial charge in [-0.05, 0) is 36.3 Å². The fourth-order valence-corrected chi connectivity index (χ4v) is 1.91. The summed E-state index contributed by atoms with van der Waals surface area (Å²) in [6.07, 6.45) is 5.26. The summed E-state index contributed by atoms with van der Waals surface area (Å²) in [7, 11) is 0. The van der Waals surface area contributed by atoms with Gasteiger partial charge in [-0.2, -0.15) is 0 Å². The minimum absolute atomic E-state index is 0.107. The standard InChI is InChI=1S/C11H15NO/c1-8-2-3-10-5-9(7-13)6-12-11(10)4-8/h5-6,8,13H,2-4,7H2,1H3. The van der Waals surface area contributed by atoms with Crippen LogP contribution in [0.2, 0.25) is 0 Å². The second-order valence-electron chi connectivity index (χ2n) is 3.96. The van der Waals surface area contributed by atoms with Crippen molar-refractivity contribution in [2.75, 3.05) is 0 Å². The molecule has 0 spiro atoms. The van der Waals surface area contributed by atoms with Crippen LogP contribution in [0, 0.1) is 5.92 Å². The summed E-state index contributed by atoms with van der Waals surface area (Å²) in [6.45, 7) is 2.38. The van der Waals surface area contributed by atoms with Gasteiger partial charge in [0, 0.05) is 11.9 Å². The Kier molecular flexibility index (Phi) is 2.32. The molecule has 70 valence electrons. The lowest BCUT2D eigenvalue weighted by Crippen LogP contribution is -2.13. The zero-order valence-corrected chi connectivity index (χ0v) is 7.95. The number of pyridine rings is 1. The molecule has 1 N–H and O–H groups in total. The molecule has 0 saturated carbocycles. The zero-order chi connectivity index (χ0) is 9.26. The van der Waals surface area contributed by atoms with E-state index in [1.807, 2.05) is 0 Å². The molecule has 0 aliphatic heterocycles. The van der Waals surface area contributed by atoms with Gasteiger partial charge in [0.25, 0.3) is 0 Å². The molecule has 1 aromatic rings. The topological polar surface area (TPSA) is 33.1 Å². The molecule has 0 amide bonds. The second-order valence-corrected chi connectivity index (χ2v) is 3.96. The van der Waals surface area contributed by atoms with Crippen LogP contribution in [0.5, 0.6) is 0 Å². The van der Waals surface area contributed by atoms with Crippen LogP contribution in [0.15, 0.2) is 12.3 Å². The molecule has 2 heteroatoms. The monoisotopic (exact) mass is 177 g/mol. The molecular weight excluding hydrogens is 162 g/mol. The Balaban J connectivity index is 2.31. The number of rotatable bonds is 1. The molecule has 0 aromatic carbocycles. The van der Waals surface area contributed by atoms with Crippen LogP contribution in [0.25, 0.3) is 0 Å². The number of aliphatic hydroxyl groups excluding tert-OH is 1. The highest BCUT2D eigenvalue weighted by Gasteiger charge is 2.15. The van der Waals surface area contributed by atoms with Crippen molar-refractivity contribution < 1.29 is 5.11 Å². The highest BCUT2D eigenvalue weighted by Crippen LogP contribution is 2.24. The van der Waals surface area contributed by atoms with Crippen LogP contribution in [0.4, 0.5) is 0 Å². The summed E-state index contributed by atoms with van der Waals surface area (Å²) in [5.74, 6) is 0.764. The fourth-order valence-electron chi connectivity index (χ4n) is 1.91. The van der Waals surface area contributed by atoms with Crippen LogP contribution in [-0.2, 0) is 19.4 Å². The summed E-state index contributed by atoms with van der Waals surface area (Å²) in [4.78, 5) is 4.38. The average Bonchev–Trinajstić information content (AvgIpc) is 2.17. The number of hydrogen-bond donors (Lipinski definition) is 1. The summed E-state index contributed by atoms with van der Waals surface area (Å²) in [6, 6.07) is 2.09. The number of fused-ring (bicyclic) bond motifs is 1. The van der Waals surface area contributed by atoms with Crippen molar-refractivity contribution in [2.24, 2.45) is 5.92 Å². The van der Waals surface area contributed by atoms with Crippen molar-refractivity contribution in [2.45, 2.75) is 32.8 Å². The molecule has 1 unspecified atom stereocenters. The van der Waals surface area contributed by atoms with E-state index in [2.05, 4.69) is 18.0 Å². The van der Waals surface area contributed by atoms with Crippen LogP contribution in [-0.4, -0.2) is 10.1 Å². The van der Waals surface area contributed by atoms with Crippen LogP contribution in [0.1, 0.15) is 30.2 Å². The molecule has 0 saturated heterocycles. The van der Waals surface area contributed by atoms with Gasteiger partial charge in [0.1, 0.15) is 0 Å². The number of hydrogen-bond acceptors (Lipinski definition) is 2. The van der Waals surface area contributed by atoms with E-state index in [-0.39, 0.29) is 6.61 Å². The van der Waals surface area contributed by atoms with E-state index in [4.69, 9.17) is 5.11 Å². The van der Waals surface area contributed by atoms with Crippen LogP contribution < -0.4 is 0 Å². The number of aliphatic hydroxyl groups is 1. The molecule has 2 rings (SSSR count). The Bertz CT molecular complexity index is 309. The first-order valence-corrected chi connectivity index (χ1v) is 4.87. The van der Waals surface area contributed by atoms with E-state index in [9.17, 15) is 0 Å². The first-order valence-electron chi connectivity index (χ1n) is 4.87. The van der Waals surface area contributed by atoms with Gasteiger partial charge in [0.05, 0.1) is 6.61 Å². The molecule has 0 bridgehead atoms. The molecule has 1 heterocycles. The summed E-state index contributed by atoms with van der Waals surface area (Å²) < 4.78 is 0. The maximum atomic E-state index is 8.95. The quantitative estimate of drug-likeness (QED) is 0.708. The van der Waals surface area contributed by atoms with E-state index in [1.165, 1.54) is 17.7 Å². The smallest absolute Gasteiger partial charge is 0.0696 e. The van der Waals surface area contributed by atoms with Gasteiger partial charge in [-0.1, -0.05) is 13.0 Å². The first kappa shape index (κ1) is 8.70. The van der Waals surface area contributed by atoms with Crippen LogP contribution >= 0.6 is 0 Å². The van der Waals surface area contributed by atoms with Crippen molar-refractivity contribution >= 4 is 0 Å². The summed E-state index contributed by atoms with van der Waals surface area (Å²) in [5.41, 5.74) is 3.51. The second kappa shape index (κ2) is 3.46. The van der Waals surface area contributed by atoms with Gasteiger partial charge < -0.3 is 5.11 Å².